The second-order valence-electron chi connectivity index (χ2n) is 8.86. The molecule has 1 amide bonds. The lowest BCUT2D eigenvalue weighted by molar-refractivity contribution is -0.120. The quantitative estimate of drug-likeness (QED) is 0.458. The van der Waals surface area contributed by atoms with E-state index >= 15 is 0 Å². The monoisotopic (exact) mass is 461 g/mol. The molecule has 0 spiro atoms. The summed E-state index contributed by atoms with van der Waals surface area (Å²) in [5, 5.41) is 12.6. The molecule has 174 valence electrons. The number of carbonyl (C=O) groups excluding carboxylic acids is 1. The molecule has 6 heteroatoms. The highest BCUT2D eigenvalue weighted by Gasteiger charge is 2.32. The van der Waals surface area contributed by atoms with Crippen molar-refractivity contribution in [3.63, 3.8) is 0 Å². The normalized spacial score (nSPS) is 15.4. The summed E-state index contributed by atoms with van der Waals surface area (Å²) in [7, 11) is 0. The Labute approximate surface area is 205 Å². The van der Waals surface area contributed by atoms with E-state index in [2.05, 4.69) is 33.1 Å². The molecule has 1 aromatic heterocycles. The van der Waals surface area contributed by atoms with Crippen LogP contribution in [0.4, 0.5) is 5.69 Å². The van der Waals surface area contributed by atoms with Crippen LogP contribution in [-0.2, 0) is 24.3 Å². The number of amides is 1. The van der Waals surface area contributed by atoms with Crippen molar-refractivity contribution in [1.82, 2.24) is 14.9 Å². The van der Waals surface area contributed by atoms with Gasteiger partial charge in [-0.25, -0.2) is 4.98 Å². The molecule has 4 aromatic rings. The molecule has 0 saturated carbocycles. The largest absolute Gasteiger partial charge is 0.329 e. The van der Waals surface area contributed by atoms with Gasteiger partial charge in [-0.2, -0.15) is 5.26 Å². The summed E-state index contributed by atoms with van der Waals surface area (Å²) < 4.78 is 2.07. The highest BCUT2D eigenvalue weighted by Crippen LogP contribution is 2.30. The predicted octanol–water partition coefficient (Wildman–Crippen LogP) is 4.53. The molecule has 0 aliphatic carbocycles. The molecule has 3 aromatic carbocycles. The minimum Gasteiger partial charge on any atom is -0.329 e. The third-order valence-electron chi connectivity index (χ3n) is 6.61. The van der Waals surface area contributed by atoms with Crippen molar-refractivity contribution >= 4 is 11.6 Å². The van der Waals surface area contributed by atoms with Gasteiger partial charge in [-0.05, 0) is 53.8 Å². The van der Waals surface area contributed by atoms with Gasteiger partial charge < -0.3 is 9.47 Å². The minimum absolute atomic E-state index is 0.0578. The average Bonchev–Trinajstić information content (AvgIpc) is 3.27. The molecular formula is C29H27N5O. The number of para-hydroxylation sites is 1. The molecule has 0 radical (unpaired) electrons. The molecule has 2 heterocycles. The van der Waals surface area contributed by atoms with Gasteiger partial charge >= 0.3 is 0 Å². The highest BCUT2D eigenvalue weighted by atomic mass is 16.2. The summed E-state index contributed by atoms with van der Waals surface area (Å²) in [4.78, 5) is 20.1. The van der Waals surface area contributed by atoms with Gasteiger partial charge in [-0.3, -0.25) is 10.1 Å². The van der Waals surface area contributed by atoms with Crippen molar-refractivity contribution in [2.24, 2.45) is 0 Å². The first-order valence-electron chi connectivity index (χ1n) is 11.8. The number of nitrogens with zero attached hydrogens (tertiary/aromatic N) is 4. The lowest BCUT2D eigenvalue weighted by atomic mass is 9.99. The number of imidazole rings is 1. The van der Waals surface area contributed by atoms with E-state index in [1.165, 1.54) is 5.56 Å². The Morgan fingerprint density at radius 2 is 1.83 bits per heavy atom. The molecule has 1 N–H and O–H groups in total. The van der Waals surface area contributed by atoms with Gasteiger partial charge in [0.15, 0.2) is 0 Å². The van der Waals surface area contributed by atoms with Crippen LogP contribution in [-0.4, -0.2) is 22.0 Å². The van der Waals surface area contributed by atoms with E-state index in [0.717, 1.165) is 34.5 Å². The Bertz CT molecular complexity index is 1380. The van der Waals surface area contributed by atoms with Gasteiger partial charge in [0, 0.05) is 31.5 Å². The summed E-state index contributed by atoms with van der Waals surface area (Å²) >= 11 is 0. The summed E-state index contributed by atoms with van der Waals surface area (Å²) in [5.41, 5.74) is 7.00. The SMILES string of the molecule is Cc1ccccc1N1CCc2ccccc2C(NCc2cncn2Cc2ccc(C#N)cc2)C1=O. The van der Waals surface area contributed by atoms with Crippen LogP contribution in [0.25, 0.3) is 0 Å². The van der Waals surface area contributed by atoms with Crippen LogP contribution in [0.3, 0.4) is 0 Å². The highest BCUT2D eigenvalue weighted by molar-refractivity contribution is 5.99. The van der Waals surface area contributed by atoms with Crippen LogP contribution in [0.15, 0.2) is 85.3 Å². The summed E-state index contributed by atoms with van der Waals surface area (Å²) in [6.07, 6.45) is 4.45. The number of benzene rings is 3. The topological polar surface area (TPSA) is 74.0 Å². The molecule has 1 atom stereocenters. The van der Waals surface area contributed by atoms with E-state index in [1.54, 1.807) is 6.33 Å². The Hall–Kier alpha value is -4.21. The van der Waals surface area contributed by atoms with Gasteiger partial charge in [-0.15, -0.1) is 0 Å². The molecule has 6 nitrogen and oxygen atoms in total. The Morgan fingerprint density at radius 1 is 1.06 bits per heavy atom. The summed E-state index contributed by atoms with van der Waals surface area (Å²) in [6.45, 7) is 3.84. The van der Waals surface area contributed by atoms with Crippen LogP contribution >= 0.6 is 0 Å². The fourth-order valence-electron chi connectivity index (χ4n) is 4.70. The van der Waals surface area contributed by atoms with E-state index in [4.69, 9.17) is 5.26 Å². The molecular weight excluding hydrogens is 434 g/mol. The molecule has 0 fully saturated rings. The molecule has 0 saturated heterocycles. The standard InChI is InChI=1S/C29H27N5O/c1-21-6-2-5-9-27(21)34-15-14-24-7-3-4-8-26(24)28(29(34)35)32-18-25-17-31-20-33(25)19-23-12-10-22(16-30)11-13-23/h2-13,17,20,28,32H,14-15,18-19H2,1H3. The molecule has 1 unspecified atom stereocenters. The van der Waals surface area contributed by atoms with Gasteiger partial charge in [-0.1, -0.05) is 54.6 Å². The molecule has 1 aliphatic heterocycles. The maximum Gasteiger partial charge on any atom is 0.248 e. The zero-order valence-electron chi connectivity index (χ0n) is 19.7. The number of rotatable bonds is 6. The van der Waals surface area contributed by atoms with Crippen LogP contribution < -0.4 is 10.2 Å². The number of aryl methyl sites for hydroxylation is 1. The van der Waals surface area contributed by atoms with Gasteiger partial charge in [0.2, 0.25) is 5.91 Å². The maximum atomic E-state index is 13.9. The number of hydrogen-bond donors (Lipinski definition) is 1. The zero-order chi connectivity index (χ0) is 24.2. The van der Waals surface area contributed by atoms with E-state index < -0.39 is 6.04 Å². The lowest BCUT2D eigenvalue weighted by Crippen LogP contribution is -2.40. The molecule has 0 bridgehead atoms. The summed E-state index contributed by atoms with van der Waals surface area (Å²) in [6, 6.07) is 25.5. The number of fused-ring (bicyclic) bond motifs is 1. The van der Waals surface area contributed by atoms with Crippen molar-refractivity contribution in [3.05, 3.63) is 119 Å². The Kier molecular flexibility index (Phi) is 6.42. The van der Waals surface area contributed by atoms with E-state index in [-0.39, 0.29) is 5.91 Å². The van der Waals surface area contributed by atoms with E-state index in [9.17, 15) is 4.79 Å². The first kappa shape index (κ1) is 22.6. The first-order chi connectivity index (χ1) is 17.1. The van der Waals surface area contributed by atoms with Crippen molar-refractivity contribution < 1.29 is 4.79 Å². The summed E-state index contributed by atoms with van der Waals surface area (Å²) in [5.74, 6) is 0.0578. The third kappa shape index (κ3) is 4.72. The van der Waals surface area contributed by atoms with Gasteiger partial charge in [0.1, 0.15) is 6.04 Å². The van der Waals surface area contributed by atoms with Gasteiger partial charge in [0.05, 0.1) is 23.7 Å². The molecule has 1 aliphatic rings. The van der Waals surface area contributed by atoms with Crippen LogP contribution in [0, 0.1) is 18.3 Å². The smallest absolute Gasteiger partial charge is 0.248 e. The minimum atomic E-state index is -0.452. The van der Waals surface area contributed by atoms with Crippen molar-refractivity contribution in [2.45, 2.75) is 32.5 Å². The third-order valence-corrected chi connectivity index (χ3v) is 6.61. The molecule has 35 heavy (non-hydrogen) atoms. The average molecular weight is 462 g/mol. The van der Waals surface area contributed by atoms with Crippen molar-refractivity contribution in [2.75, 3.05) is 11.4 Å². The van der Waals surface area contributed by atoms with E-state index in [0.29, 0.717) is 25.2 Å². The number of aromatic nitrogens is 2. The number of carbonyl (C=O) groups is 1. The number of anilines is 1. The Morgan fingerprint density at radius 3 is 2.63 bits per heavy atom. The molecule has 5 rings (SSSR count). The van der Waals surface area contributed by atoms with Gasteiger partial charge in [0.25, 0.3) is 0 Å². The predicted molar refractivity (Wildman–Crippen MR) is 136 cm³/mol. The number of nitrogens with one attached hydrogen (secondary N) is 1. The lowest BCUT2D eigenvalue weighted by Gasteiger charge is -2.27. The number of hydrogen-bond acceptors (Lipinski definition) is 4. The van der Waals surface area contributed by atoms with Crippen molar-refractivity contribution in [3.8, 4) is 6.07 Å². The Balaban J connectivity index is 1.39. The zero-order valence-corrected chi connectivity index (χ0v) is 19.7. The fourth-order valence-corrected chi connectivity index (χ4v) is 4.70. The second-order valence-corrected chi connectivity index (χ2v) is 8.86. The fraction of sp³-hybridized carbons (Fsp3) is 0.207. The van der Waals surface area contributed by atoms with Crippen LogP contribution in [0.2, 0.25) is 0 Å². The van der Waals surface area contributed by atoms with Crippen LogP contribution in [0.1, 0.15) is 39.6 Å². The number of nitriles is 1. The van der Waals surface area contributed by atoms with Crippen LogP contribution in [0.5, 0.6) is 0 Å². The maximum absolute atomic E-state index is 13.9. The first-order valence-corrected chi connectivity index (χ1v) is 11.8. The second kappa shape index (κ2) is 9.96. The van der Waals surface area contributed by atoms with Crippen molar-refractivity contribution in [1.29, 1.82) is 5.26 Å². The van der Waals surface area contributed by atoms with E-state index in [1.807, 2.05) is 78.7 Å².